The Kier molecular flexibility index (Phi) is 13.7. The number of allylic oxidation sites excluding steroid dienone is 1. The minimum atomic E-state index is -0.970. The lowest BCUT2D eigenvalue weighted by Gasteiger charge is -2.13. The molecule has 3 atom stereocenters. The van der Waals surface area contributed by atoms with E-state index in [0.29, 0.717) is 19.3 Å². The van der Waals surface area contributed by atoms with Crippen molar-refractivity contribution in [2.24, 2.45) is 0 Å². The molecule has 0 spiro atoms. The van der Waals surface area contributed by atoms with Crippen molar-refractivity contribution < 1.29 is 25.2 Å². The van der Waals surface area contributed by atoms with Crippen LogP contribution in [-0.4, -0.2) is 44.7 Å². The van der Waals surface area contributed by atoms with Crippen LogP contribution >= 0.6 is 0 Å². The third-order valence-electron chi connectivity index (χ3n) is 3.60. The molecule has 5 heteroatoms. The molecule has 0 saturated heterocycles. The number of hydrogen-bond acceptors (Lipinski definition) is 4. The normalized spacial score (nSPS) is 16.0. The van der Waals surface area contributed by atoms with Gasteiger partial charge in [0.2, 0.25) is 0 Å². The van der Waals surface area contributed by atoms with Crippen molar-refractivity contribution in [1.82, 2.24) is 0 Å². The Morgan fingerprint density at radius 2 is 1.61 bits per heavy atom. The zero-order valence-electron chi connectivity index (χ0n) is 14.1. The molecule has 0 aliphatic heterocycles. The molecule has 0 aromatic carbocycles. The highest BCUT2D eigenvalue weighted by Crippen LogP contribution is 2.10. The van der Waals surface area contributed by atoms with Gasteiger partial charge in [0.05, 0.1) is 18.3 Å². The van der Waals surface area contributed by atoms with Gasteiger partial charge >= 0.3 is 5.97 Å². The fraction of sp³-hybridized carbons (Fsp3) is 0.722. The summed E-state index contributed by atoms with van der Waals surface area (Å²) in [7, 11) is 0. The molecule has 0 aliphatic rings. The Balaban J connectivity index is 3.72. The van der Waals surface area contributed by atoms with Crippen molar-refractivity contribution in [1.29, 1.82) is 0 Å². The first-order valence-electron chi connectivity index (χ1n) is 8.56. The van der Waals surface area contributed by atoms with E-state index >= 15 is 0 Å². The zero-order chi connectivity index (χ0) is 17.5. The summed E-state index contributed by atoms with van der Waals surface area (Å²) in [5.41, 5.74) is 0. The molecule has 134 valence electrons. The summed E-state index contributed by atoms with van der Waals surface area (Å²) in [6, 6.07) is 0. The van der Waals surface area contributed by atoms with Gasteiger partial charge in [-0.1, -0.05) is 56.9 Å². The van der Waals surface area contributed by atoms with E-state index in [4.69, 9.17) is 5.11 Å². The Bertz CT molecular complexity index is 351. The first-order valence-corrected chi connectivity index (χ1v) is 8.56. The molecule has 5 nitrogen and oxygen atoms in total. The third kappa shape index (κ3) is 14.2. The lowest BCUT2D eigenvalue weighted by atomic mass is 10.0. The van der Waals surface area contributed by atoms with E-state index in [2.05, 4.69) is 0 Å². The Labute approximate surface area is 139 Å². The lowest BCUT2D eigenvalue weighted by molar-refractivity contribution is -0.137. The zero-order valence-corrected chi connectivity index (χ0v) is 14.1. The third-order valence-corrected chi connectivity index (χ3v) is 3.60. The number of carbonyl (C=O) groups is 1. The average molecular weight is 328 g/mol. The second kappa shape index (κ2) is 14.4. The minimum Gasteiger partial charge on any atom is -0.481 e. The standard InChI is InChI=1S/C18H32O5/c1-2-3-7-11-16(20)17(21)14-13-15(19)10-8-5-4-6-9-12-18(22)23/h3,7,13-17,19-21H,2,4-6,8-12H2,1H3,(H,22,23)/b7-3-,14-13+. The molecule has 0 aromatic heterocycles. The highest BCUT2D eigenvalue weighted by Gasteiger charge is 2.11. The van der Waals surface area contributed by atoms with E-state index in [0.717, 1.165) is 32.1 Å². The van der Waals surface area contributed by atoms with Gasteiger partial charge < -0.3 is 20.4 Å². The van der Waals surface area contributed by atoms with Gasteiger partial charge in [0, 0.05) is 6.42 Å². The molecule has 0 aliphatic carbocycles. The van der Waals surface area contributed by atoms with Crippen molar-refractivity contribution in [3.8, 4) is 0 Å². The van der Waals surface area contributed by atoms with Gasteiger partial charge in [-0.25, -0.2) is 0 Å². The van der Waals surface area contributed by atoms with E-state index in [9.17, 15) is 20.1 Å². The maximum absolute atomic E-state index is 10.3. The number of carboxylic acid groups (broad SMARTS) is 1. The number of aliphatic carboxylic acids is 1. The first-order chi connectivity index (χ1) is 11.0. The van der Waals surface area contributed by atoms with E-state index in [1.54, 1.807) is 0 Å². The van der Waals surface area contributed by atoms with E-state index in [1.807, 2.05) is 19.1 Å². The molecule has 0 radical (unpaired) electrons. The van der Waals surface area contributed by atoms with Crippen molar-refractivity contribution in [2.75, 3.05) is 0 Å². The highest BCUT2D eigenvalue weighted by atomic mass is 16.4. The number of carboxylic acids is 1. The molecule has 0 bridgehead atoms. The van der Waals surface area contributed by atoms with E-state index < -0.39 is 24.3 Å². The second-order valence-electron chi connectivity index (χ2n) is 5.83. The smallest absolute Gasteiger partial charge is 0.303 e. The lowest BCUT2D eigenvalue weighted by Crippen LogP contribution is -2.23. The van der Waals surface area contributed by atoms with Crippen LogP contribution < -0.4 is 0 Å². The van der Waals surface area contributed by atoms with Crippen LogP contribution in [0.4, 0.5) is 0 Å². The van der Waals surface area contributed by atoms with Gasteiger partial charge in [-0.3, -0.25) is 4.79 Å². The minimum absolute atomic E-state index is 0.221. The van der Waals surface area contributed by atoms with Crippen molar-refractivity contribution in [3.63, 3.8) is 0 Å². The summed E-state index contributed by atoms with van der Waals surface area (Å²) < 4.78 is 0. The quantitative estimate of drug-likeness (QED) is 0.290. The predicted molar refractivity (Wildman–Crippen MR) is 91.2 cm³/mol. The fourth-order valence-electron chi connectivity index (χ4n) is 2.17. The largest absolute Gasteiger partial charge is 0.481 e. The molecule has 0 heterocycles. The summed E-state index contributed by atoms with van der Waals surface area (Å²) in [6.45, 7) is 2.00. The summed E-state index contributed by atoms with van der Waals surface area (Å²) in [6.07, 6.45) is 10.8. The van der Waals surface area contributed by atoms with Crippen LogP contribution in [0.25, 0.3) is 0 Å². The van der Waals surface area contributed by atoms with Crippen LogP contribution in [0, 0.1) is 0 Å². The summed E-state index contributed by atoms with van der Waals surface area (Å²) in [4.78, 5) is 10.3. The summed E-state index contributed by atoms with van der Waals surface area (Å²) >= 11 is 0. The number of unbranched alkanes of at least 4 members (excludes halogenated alkanes) is 4. The first kappa shape index (κ1) is 21.8. The maximum Gasteiger partial charge on any atom is 0.303 e. The molecular formula is C18H32O5. The van der Waals surface area contributed by atoms with E-state index in [-0.39, 0.29) is 6.42 Å². The van der Waals surface area contributed by atoms with Crippen LogP contribution in [0.1, 0.15) is 64.7 Å². The molecule has 0 saturated carbocycles. The fourth-order valence-corrected chi connectivity index (χ4v) is 2.17. The molecule has 0 rings (SSSR count). The Morgan fingerprint density at radius 1 is 0.957 bits per heavy atom. The Morgan fingerprint density at radius 3 is 2.26 bits per heavy atom. The van der Waals surface area contributed by atoms with E-state index in [1.165, 1.54) is 12.2 Å². The number of hydrogen-bond donors (Lipinski definition) is 4. The monoisotopic (exact) mass is 328 g/mol. The summed E-state index contributed by atoms with van der Waals surface area (Å²) in [5, 5.41) is 37.8. The SMILES string of the molecule is CC/C=C\CC(O)C(O)/C=C/C(O)CCCCCCCC(=O)O. The van der Waals surface area contributed by atoms with Gasteiger partial charge in [-0.2, -0.15) is 0 Å². The van der Waals surface area contributed by atoms with Gasteiger partial charge in [0.1, 0.15) is 0 Å². The van der Waals surface area contributed by atoms with Crippen molar-refractivity contribution in [2.45, 2.75) is 83.0 Å². The molecular weight excluding hydrogens is 296 g/mol. The maximum atomic E-state index is 10.3. The van der Waals surface area contributed by atoms with Crippen molar-refractivity contribution >= 4 is 5.97 Å². The molecule has 4 N–H and O–H groups in total. The summed E-state index contributed by atoms with van der Waals surface area (Å²) in [5.74, 6) is -0.753. The highest BCUT2D eigenvalue weighted by molar-refractivity contribution is 5.66. The number of aliphatic hydroxyl groups is 3. The Hall–Kier alpha value is -1.17. The topological polar surface area (TPSA) is 98.0 Å². The molecule has 3 unspecified atom stereocenters. The van der Waals surface area contributed by atoms with Crippen LogP contribution in [-0.2, 0) is 4.79 Å². The van der Waals surface area contributed by atoms with Crippen molar-refractivity contribution in [3.05, 3.63) is 24.3 Å². The molecule has 0 fully saturated rings. The van der Waals surface area contributed by atoms with Crippen LogP contribution in [0.3, 0.4) is 0 Å². The molecule has 0 amide bonds. The number of rotatable bonds is 14. The van der Waals surface area contributed by atoms with Crippen LogP contribution in [0.15, 0.2) is 24.3 Å². The van der Waals surface area contributed by atoms with Crippen LogP contribution in [0.2, 0.25) is 0 Å². The van der Waals surface area contributed by atoms with Gasteiger partial charge in [-0.05, 0) is 25.7 Å². The predicted octanol–water partition coefficient (Wildman–Crippen LogP) is 2.80. The second-order valence-corrected chi connectivity index (χ2v) is 5.83. The molecule has 23 heavy (non-hydrogen) atoms. The van der Waals surface area contributed by atoms with Gasteiger partial charge in [0.25, 0.3) is 0 Å². The van der Waals surface area contributed by atoms with Gasteiger partial charge in [0.15, 0.2) is 0 Å². The van der Waals surface area contributed by atoms with Gasteiger partial charge in [-0.15, -0.1) is 0 Å². The molecule has 0 aromatic rings. The van der Waals surface area contributed by atoms with Crippen LogP contribution in [0.5, 0.6) is 0 Å². The number of aliphatic hydroxyl groups excluding tert-OH is 3. The average Bonchev–Trinajstić information content (AvgIpc) is 2.51.